The third-order valence-electron chi connectivity index (χ3n) is 12.5. The molecule has 0 N–H and O–H groups in total. The molecule has 2 aliphatic rings. The van der Waals surface area contributed by atoms with Crippen LogP contribution >= 0.6 is 0 Å². The van der Waals surface area contributed by atoms with Gasteiger partial charge >= 0.3 is 0 Å². The Morgan fingerprint density at radius 1 is 0.397 bits per heavy atom. The quantitative estimate of drug-likeness (QED) is 0.147. The van der Waals surface area contributed by atoms with Crippen molar-refractivity contribution < 1.29 is 0 Å². The molecule has 9 aromatic rings. The highest BCUT2D eigenvalue weighted by atomic mass is 15.1. The standard InChI is InChI=1S/C57H41N/c1-5-17-41(18-6-1)53-38-43-19-13-14-26-49(43)54-37-42(31-35-50(53)54)40-29-32-47(33-30-40)58(46-24-11-4-12-25-46)48-34-36-52-51-27-15-16-28-55(51)57(56(52)39-48,44-20-7-2-8-21-44)45-22-9-3-10-23-45/h1-22,24-39,45H,23H2. The van der Waals surface area contributed by atoms with Crippen LogP contribution in [0, 0.1) is 5.92 Å². The molecule has 0 bridgehead atoms. The minimum absolute atomic E-state index is 0.268. The summed E-state index contributed by atoms with van der Waals surface area (Å²) in [5, 5.41) is 5.07. The first-order valence-corrected chi connectivity index (χ1v) is 20.4. The van der Waals surface area contributed by atoms with Crippen LogP contribution in [0.2, 0.25) is 0 Å². The van der Waals surface area contributed by atoms with Crippen LogP contribution in [0.5, 0.6) is 0 Å². The topological polar surface area (TPSA) is 3.24 Å². The highest BCUT2D eigenvalue weighted by Gasteiger charge is 2.49. The maximum absolute atomic E-state index is 2.48. The number of para-hydroxylation sites is 1. The molecule has 2 unspecified atom stereocenters. The van der Waals surface area contributed by atoms with Gasteiger partial charge in [-0.1, -0.05) is 182 Å². The number of anilines is 3. The van der Waals surface area contributed by atoms with Gasteiger partial charge in [-0.25, -0.2) is 0 Å². The van der Waals surface area contributed by atoms with E-state index in [-0.39, 0.29) is 11.3 Å². The molecule has 1 nitrogen and oxygen atoms in total. The van der Waals surface area contributed by atoms with Gasteiger partial charge in [0.05, 0.1) is 5.41 Å². The summed E-state index contributed by atoms with van der Waals surface area (Å²) >= 11 is 0. The molecule has 2 aliphatic carbocycles. The van der Waals surface area contributed by atoms with E-state index >= 15 is 0 Å². The lowest BCUT2D eigenvalue weighted by Crippen LogP contribution is -2.35. The van der Waals surface area contributed by atoms with Crippen molar-refractivity contribution in [2.24, 2.45) is 5.92 Å². The number of nitrogens with zero attached hydrogens (tertiary/aromatic N) is 1. The van der Waals surface area contributed by atoms with E-state index in [0.717, 1.165) is 23.5 Å². The van der Waals surface area contributed by atoms with E-state index < -0.39 is 0 Å². The van der Waals surface area contributed by atoms with Gasteiger partial charge in [0.15, 0.2) is 0 Å². The lowest BCUT2D eigenvalue weighted by atomic mass is 9.62. The van der Waals surface area contributed by atoms with E-state index in [9.17, 15) is 0 Å². The van der Waals surface area contributed by atoms with Crippen molar-refractivity contribution in [2.45, 2.75) is 11.8 Å². The third-order valence-corrected chi connectivity index (χ3v) is 12.5. The molecular weight excluding hydrogens is 699 g/mol. The average Bonchev–Trinajstić information content (AvgIpc) is 3.60. The molecule has 0 aromatic heterocycles. The molecule has 9 aromatic carbocycles. The molecule has 0 amide bonds. The van der Waals surface area contributed by atoms with Gasteiger partial charge in [0, 0.05) is 17.1 Å². The van der Waals surface area contributed by atoms with Crippen LogP contribution in [0.4, 0.5) is 17.1 Å². The van der Waals surface area contributed by atoms with Crippen molar-refractivity contribution in [1.29, 1.82) is 0 Å². The van der Waals surface area contributed by atoms with Gasteiger partial charge in [-0.05, 0) is 132 Å². The third kappa shape index (κ3) is 5.46. The maximum Gasteiger partial charge on any atom is 0.0529 e. The van der Waals surface area contributed by atoms with E-state index in [1.165, 1.54) is 71.6 Å². The Balaban J connectivity index is 1.05. The first-order chi connectivity index (χ1) is 28.8. The fourth-order valence-electron chi connectivity index (χ4n) is 9.93. The summed E-state index contributed by atoms with van der Waals surface area (Å²) in [4.78, 5) is 2.42. The normalized spacial score (nSPS) is 16.7. The summed E-state index contributed by atoms with van der Waals surface area (Å²) in [5.41, 5.74) is 14.7. The second-order valence-corrected chi connectivity index (χ2v) is 15.6. The Morgan fingerprint density at radius 2 is 1.05 bits per heavy atom. The molecular formula is C57H41N. The predicted molar refractivity (Wildman–Crippen MR) is 245 cm³/mol. The van der Waals surface area contributed by atoms with Crippen LogP contribution in [0.25, 0.3) is 54.9 Å². The minimum Gasteiger partial charge on any atom is -0.310 e. The van der Waals surface area contributed by atoms with Crippen LogP contribution in [-0.2, 0) is 5.41 Å². The maximum atomic E-state index is 2.48. The smallest absolute Gasteiger partial charge is 0.0529 e. The largest absolute Gasteiger partial charge is 0.310 e. The summed E-state index contributed by atoms with van der Waals surface area (Å²) in [7, 11) is 0. The summed E-state index contributed by atoms with van der Waals surface area (Å²) in [6, 6.07) is 76.2. The fraction of sp³-hybridized carbons (Fsp3) is 0.0526. The zero-order valence-electron chi connectivity index (χ0n) is 32.2. The SMILES string of the molecule is C1=CCC(C2(c3ccccc3)c3ccccc3-c3ccc(N(c4ccccc4)c4ccc(-c5ccc6c(-c7ccccc7)cc7ccccc7c6c5)cc4)cc32)C=C1. The van der Waals surface area contributed by atoms with Gasteiger partial charge in [-0.15, -0.1) is 0 Å². The molecule has 2 atom stereocenters. The van der Waals surface area contributed by atoms with E-state index in [0.29, 0.717) is 0 Å². The summed E-state index contributed by atoms with van der Waals surface area (Å²) in [6.07, 6.45) is 10.2. The zero-order valence-corrected chi connectivity index (χ0v) is 32.2. The van der Waals surface area contributed by atoms with Crippen LogP contribution < -0.4 is 4.90 Å². The molecule has 0 saturated heterocycles. The van der Waals surface area contributed by atoms with Gasteiger partial charge in [0.1, 0.15) is 0 Å². The van der Waals surface area contributed by atoms with Crippen molar-refractivity contribution in [3.8, 4) is 33.4 Å². The van der Waals surface area contributed by atoms with E-state index in [4.69, 9.17) is 0 Å². The molecule has 58 heavy (non-hydrogen) atoms. The van der Waals surface area contributed by atoms with Crippen molar-refractivity contribution in [2.75, 3.05) is 4.90 Å². The summed E-state index contributed by atoms with van der Waals surface area (Å²) < 4.78 is 0. The minimum atomic E-state index is -0.336. The second kappa shape index (κ2) is 14.1. The number of benzene rings is 9. The first-order valence-electron chi connectivity index (χ1n) is 20.4. The van der Waals surface area contributed by atoms with Crippen molar-refractivity contribution >= 4 is 38.6 Å². The Hall–Kier alpha value is -7.22. The number of hydrogen-bond donors (Lipinski definition) is 0. The molecule has 0 radical (unpaired) electrons. The number of rotatable bonds is 7. The van der Waals surface area contributed by atoms with Gasteiger partial charge in [-0.2, -0.15) is 0 Å². The van der Waals surface area contributed by atoms with Crippen LogP contribution in [-0.4, -0.2) is 0 Å². The molecule has 0 fully saturated rings. The number of fused-ring (bicyclic) bond motifs is 6. The van der Waals surface area contributed by atoms with Crippen LogP contribution in [0.1, 0.15) is 23.1 Å². The fourth-order valence-corrected chi connectivity index (χ4v) is 9.93. The molecule has 0 saturated carbocycles. The van der Waals surface area contributed by atoms with E-state index in [2.05, 4.69) is 235 Å². The monoisotopic (exact) mass is 739 g/mol. The highest BCUT2D eigenvalue weighted by Crippen LogP contribution is 2.59. The first kappa shape index (κ1) is 34.1. The Kier molecular flexibility index (Phi) is 8.26. The summed E-state index contributed by atoms with van der Waals surface area (Å²) in [5.74, 6) is 0.268. The van der Waals surface area contributed by atoms with Gasteiger partial charge in [0.2, 0.25) is 0 Å². The Bertz CT molecular complexity index is 3010. The lowest BCUT2D eigenvalue weighted by molar-refractivity contribution is 0.457. The van der Waals surface area contributed by atoms with Crippen molar-refractivity contribution in [3.63, 3.8) is 0 Å². The average molecular weight is 740 g/mol. The van der Waals surface area contributed by atoms with Crippen LogP contribution in [0.3, 0.4) is 0 Å². The zero-order chi connectivity index (χ0) is 38.5. The molecule has 0 aliphatic heterocycles. The second-order valence-electron chi connectivity index (χ2n) is 15.6. The Labute approximate surface area is 340 Å². The number of allylic oxidation sites excluding steroid dienone is 4. The molecule has 0 spiro atoms. The lowest BCUT2D eigenvalue weighted by Gasteiger charge is -2.40. The van der Waals surface area contributed by atoms with Crippen LogP contribution in [0.15, 0.2) is 231 Å². The van der Waals surface area contributed by atoms with E-state index in [1.54, 1.807) is 0 Å². The van der Waals surface area contributed by atoms with E-state index in [1.807, 2.05) is 0 Å². The van der Waals surface area contributed by atoms with Gasteiger partial charge in [0.25, 0.3) is 0 Å². The Morgan fingerprint density at radius 3 is 1.84 bits per heavy atom. The van der Waals surface area contributed by atoms with Gasteiger partial charge in [-0.3, -0.25) is 0 Å². The van der Waals surface area contributed by atoms with Gasteiger partial charge < -0.3 is 4.90 Å². The molecule has 274 valence electrons. The van der Waals surface area contributed by atoms with Crippen molar-refractivity contribution in [1.82, 2.24) is 0 Å². The highest BCUT2D eigenvalue weighted by molar-refractivity contribution is 6.14. The molecule has 1 heteroatoms. The molecule has 0 heterocycles. The number of hydrogen-bond acceptors (Lipinski definition) is 1. The predicted octanol–water partition coefficient (Wildman–Crippen LogP) is 15.2. The van der Waals surface area contributed by atoms with Crippen molar-refractivity contribution in [3.05, 3.63) is 247 Å². The molecule has 11 rings (SSSR count). The summed E-state index contributed by atoms with van der Waals surface area (Å²) in [6.45, 7) is 0.